The Balaban J connectivity index is 0.00000176. The number of nitrogen functional groups attached to an aromatic ring is 1. The van der Waals surface area contributed by atoms with Gasteiger partial charge in [-0.3, -0.25) is 14.4 Å². The van der Waals surface area contributed by atoms with Crippen LogP contribution in [0.25, 0.3) is 11.2 Å². The van der Waals surface area contributed by atoms with Gasteiger partial charge in [0, 0.05) is 7.05 Å². The molecule has 1 aliphatic heterocycles. The standard InChI is InChI=1S/C17H27ClN7O4P.C2H6/c1-8(2)28-16(26)9(3)24-30-27-6-10-5-11(18)15(29-10)25-7-21-12-13(20-4)22-17(19)23-14(12)25;1-2/h7-11,15,24,30H,5-6H2,1-4H3,(H3,19,20,22,23);1-2H3. The fourth-order valence-corrected chi connectivity index (χ4v) is 4.03. The van der Waals surface area contributed by atoms with Gasteiger partial charge in [-0.05, 0) is 27.2 Å². The first kappa shape index (κ1) is 26.5. The molecule has 0 amide bonds. The Kier molecular flexibility index (Phi) is 10.3. The van der Waals surface area contributed by atoms with Crippen molar-refractivity contribution in [2.24, 2.45) is 0 Å². The van der Waals surface area contributed by atoms with E-state index in [1.807, 2.05) is 27.7 Å². The summed E-state index contributed by atoms with van der Waals surface area (Å²) in [5.74, 6) is 0.362. The lowest BCUT2D eigenvalue weighted by Crippen LogP contribution is -2.32. The molecule has 5 unspecified atom stereocenters. The number of anilines is 2. The van der Waals surface area contributed by atoms with E-state index in [9.17, 15) is 4.79 Å². The lowest BCUT2D eigenvalue weighted by molar-refractivity contribution is -0.148. The topological polar surface area (TPSA) is 138 Å². The number of nitrogens with two attached hydrogens (primary N) is 1. The van der Waals surface area contributed by atoms with Gasteiger partial charge in [-0.25, -0.2) is 4.98 Å². The molecule has 0 aromatic carbocycles. The Morgan fingerprint density at radius 1 is 1.41 bits per heavy atom. The minimum Gasteiger partial charge on any atom is -0.462 e. The third-order valence-electron chi connectivity index (χ3n) is 4.40. The molecule has 13 heteroatoms. The number of aromatic nitrogens is 4. The highest BCUT2D eigenvalue weighted by Gasteiger charge is 2.36. The third-order valence-corrected chi connectivity index (χ3v) is 5.66. The number of halogens is 1. The van der Waals surface area contributed by atoms with Crippen molar-refractivity contribution < 1.29 is 18.8 Å². The number of imidazole rings is 1. The molecular weight excluding hydrogens is 457 g/mol. The molecule has 3 heterocycles. The molecule has 1 fully saturated rings. The molecule has 1 saturated heterocycles. The van der Waals surface area contributed by atoms with Gasteiger partial charge in [0.15, 0.2) is 23.2 Å². The highest BCUT2D eigenvalue weighted by molar-refractivity contribution is 7.29. The highest BCUT2D eigenvalue weighted by Crippen LogP contribution is 2.36. The quantitative estimate of drug-likeness (QED) is 0.208. The number of carbonyl (C=O) groups is 1. The van der Waals surface area contributed by atoms with Gasteiger partial charge in [0.1, 0.15) is 6.04 Å². The Morgan fingerprint density at radius 2 is 2.12 bits per heavy atom. The second-order valence-electron chi connectivity index (χ2n) is 7.17. The van der Waals surface area contributed by atoms with Crippen LogP contribution < -0.4 is 16.1 Å². The molecule has 32 heavy (non-hydrogen) atoms. The molecule has 0 spiro atoms. The molecule has 180 valence electrons. The average molecular weight is 490 g/mol. The van der Waals surface area contributed by atoms with Crippen molar-refractivity contribution in [1.82, 2.24) is 24.6 Å². The Morgan fingerprint density at radius 3 is 2.78 bits per heavy atom. The van der Waals surface area contributed by atoms with Crippen LogP contribution in [0.2, 0.25) is 0 Å². The third kappa shape index (κ3) is 6.62. The molecule has 2 aromatic rings. The molecule has 0 bridgehead atoms. The van der Waals surface area contributed by atoms with E-state index in [2.05, 4.69) is 25.4 Å². The largest absolute Gasteiger partial charge is 0.462 e. The molecule has 3 rings (SSSR count). The van der Waals surface area contributed by atoms with Crippen LogP contribution >= 0.6 is 20.6 Å². The van der Waals surface area contributed by atoms with Crippen molar-refractivity contribution in [3.63, 3.8) is 0 Å². The summed E-state index contributed by atoms with van der Waals surface area (Å²) in [7, 11) is 1.67. The fraction of sp³-hybridized carbons (Fsp3) is 0.684. The molecule has 11 nitrogen and oxygen atoms in total. The van der Waals surface area contributed by atoms with Crippen LogP contribution in [0.3, 0.4) is 0 Å². The summed E-state index contributed by atoms with van der Waals surface area (Å²) < 4.78 is 18.6. The van der Waals surface area contributed by atoms with E-state index in [-0.39, 0.29) is 38.5 Å². The summed E-state index contributed by atoms with van der Waals surface area (Å²) in [5, 5.41) is 5.66. The number of ether oxygens (including phenoxy) is 2. The second kappa shape index (κ2) is 12.5. The van der Waals surface area contributed by atoms with Gasteiger partial charge >= 0.3 is 5.97 Å². The van der Waals surface area contributed by atoms with Crippen LogP contribution in [0, 0.1) is 0 Å². The van der Waals surface area contributed by atoms with Crippen molar-refractivity contribution >= 4 is 49.5 Å². The lowest BCUT2D eigenvalue weighted by Gasteiger charge is -2.18. The number of fused-ring (bicyclic) bond motifs is 1. The summed E-state index contributed by atoms with van der Waals surface area (Å²) in [6, 6.07) is -0.451. The molecule has 0 radical (unpaired) electrons. The van der Waals surface area contributed by atoms with Gasteiger partial charge in [0.25, 0.3) is 0 Å². The smallest absolute Gasteiger partial charge is 0.323 e. The van der Waals surface area contributed by atoms with Crippen molar-refractivity contribution in [1.29, 1.82) is 0 Å². The van der Waals surface area contributed by atoms with Crippen LogP contribution in [-0.2, 0) is 18.8 Å². The fourth-order valence-electron chi connectivity index (χ4n) is 3.00. The Labute approximate surface area is 195 Å². The van der Waals surface area contributed by atoms with E-state index in [0.29, 0.717) is 30.0 Å². The molecule has 2 aromatic heterocycles. The van der Waals surface area contributed by atoms with E-state index >= 15 is 0 Å². The predicted octanol–water partition coefficient (Wildman–Crippen LogP) is 2.83. The van der Waals surface area contributed by atoms with Gasteiger partial charge < -0.3 is 25.0 Å². The van der Waals surface area contributed by atoms with E-state index in [4.69, 9.17) is 31.3 Å². The molecule has 0 saturated carbocycles. The number of nitrogens with zero attached hydrogens (tertiary/aromatic N) is 4. The average Bonchev–Trinajstić information content (AvgIpc) is 3.34. The maximum atomic E-state index is 11.8. The molecule has 1 aliphatic rings. The normalized spacial score (nSPS) is 21.7. The number of nitrogens with one attached hydrogen (secondary N) is 2. The van der Waals surface area contributed by atoms with Gasteiger partial charge in [-0.1, -0.05) is 13.8 Å². The highest BCUT2D eigenvalue weighted by atomic mass is 35.5. The number of carbonyl (C=O) groups excluding carboxylic acids is 1. The predicted molar refractivity (Wildman–Crippen MR) is 127 cm³/mol. The zero-order valence-corrected chi connectivity index (χ0v) is 21.0. The minimum absolute atomic E-state index is 0.0720. The van der Waals surface area contributed by atoms with E-state index in [1.54, 1.807) is 24.9 Å². The number of hydrogen-bond acceptors (Lipinski definition) is 10. The summed E-state index contributed by atoms with van der Waals surface area (Å²) in [6.07, 6.45) is 1.40. The monoisotopic (exact) mass is 489 g/mol. The maximum Gasteiger partial charge on any atom is 0.323 e. The van der Waals surface area contributed by atoms with E-state index in [1.165, 1.54) is 0 Å². The van der Waals surface area contributed by atoms with Crippen molar-refractivity contribution in [2.45, 2.75) is 70.9 Å². The van der Waals surface area contributed by atoms with E-state index < -0.39 is 12.3 Å². The number of alkyl halides is 1. The van der Waals surface area contributed by atoms with Crippen LogP contribution in [0.1, 0.15) is 47.3 Å². The SMILES string of the molecule is CC.CNc1nc(N)nc2c1ncn2C1OC(COPNC(C)C(=O)OC(C)C)CC1Cl. The Bertz CT molecular complexity index is 885. The molecule has 4 N–H and O–H groups in total. The second-order valence-corrected chi connectivity index (χ2v) is 8.51. The Hall–Kier alpha value is -1.78. The first-order valence-corrected chi connectivity index (χ1v) is 11.9. The van der Waals surface area contributed by atoms with Gasteiger partial charge in [-0.2, -0.15) is 9.97 Å². The number of rotatable bonds is 9. The zero-order chi connectivity index (χ0) is 23.8. The van der Waals surface area contributed by atoms with Crippen LogP contribution in [0.4, 0.5) is 11.8 Å². The van der Waals surface area contributed by atoms with Crippen LogP contribution in [0.5, 0.6) is 0 Å². The first-order valence-electron chi connectivity index (χ1n) is 10.6. The van der Waals surface area contributed by atoms with Crippen molar-refractivity contribution in [3.05, 3.63) is 6.33 Å². The number of hydrogen-bond donors (Lipinski definition) is 3. The molecule has 5 atom stereocenters. The van der Waals surface area contributed by atoms with Gasteiger partial charge in [0.05, 0.1) is 39.5 Å². The first-order chi connectivity index (χ1) is 15.3. The molecular formula is C19H33ClN7O4P. The van der Waals surface area contributed by atoms with Crippen molar-refractivity contribution in [3.8, 4) is 0 Å². The lowest BCUT2D eigenvalue weighted by atomic mass is 10.2. The summed E-state index contributed by atoms with van der Waals surface area (Å²) in [4.78, 5) is 24.6. The summed E-state index contributed by atoms with van der Waals surface area (Å²) >= 11 is 6.54. The van der Waals surface area contributed by atoms with Gasteiger partial charge in [0.2, 0.25) is 5.95 Å². The van der Waals surface area contributed by atoms with E-state index in [0.717, 1.165) is 0 Å². The van der Waals surface area contributed by atoms with Crippen LogP contribution in [-0.4, -0.2) is 62.8 Å². The zero-order valence-electron chi connectivity index (χ0n) is 19.3. The van der Waals surface area contributed by atoms with Gasteiger partial charge in [-0.15, -0.1) is 11.6 Å². The summed E-state index contributed by atoms with van der Waals surface area (Å²) in [6.45, 7) is 9.68. The maximum absolute atomic E-state index is 11.8. The van der Waals surface area contributed by atoms with Crippen molar-refractivity contribution in [2.75, 3.05) is 24.7 Å². The summed E-state index contributed by atoms with van der Waals surface area (Å²) in [5.41, 5.74) is 6.94. The van der Waals surface area contributed by atoms with Crippen LogP contribution in [0.15, 0.2) is 6.33 Å². The molecule has 0 aliphatic carbocycles. The number of esters is 1. The minimum atomic E-state index is -0.458.